The van der Waals surface area contributed by atoms with Crippen LogP contribution in [0.25, 0.3) is 0 Å². The Morgan fingerprint density at radius 1 is 0.865 bits per heavy atom. The number of aliphatic hydroxyl groups is 1. The molecule has 18 nitrogen and oxygen atoms in total. The lowest BCUT2D eigenvalue weighted by Crippen LogP contribution is -2.82. The van der Waals surface area contributed by atoms with E-state index in [2.05, 4.69) is 23.3 Å². The number of alkyl carbamates (subject to hydrolysis) is 1. The number of esters is 5. The third kappa shape index (κ3) is 10.3. The number of carbonyl (C=O) groups excluding carboxylic acids is 8. The fraction of sp³-hybridized carbons (Fsp3) is 0.481. The molecule has 3 N–H and O–H groups in total. The molecule has 74 heavy (non-hydrogen) atoms. The van der Waals surface area contributed by atoms with E-state index in [1.54, 1.807) is 67.6 Å². The van der Waals surface area contributed by atoms with E-state index in [1.165, 1.54) is 34.6 Å². The molecule has 7 rings (SSSR count). The molecule has 2 amide bonds. The van der Waals surface area contributed by atoms with E-state index in [1.807, 2.05) is 0 Å². The van der Waals surface area contributed by atoms with Gasteiger partial charge in [-0.05, 0) is 73.9 Å². The lowest BCUT2D eigenvalue weighted by atomic mass is 9.44. The van der Waals surface area contributed by atoms with Crippen molar-refractivity contribution in [3.8, 4) is 0 Å². The van der Waals surface area contributed by atoms with Gasteiger partial charge in [0.25, 0.3) is 5.91 Å². The predicted octanol–water partition coefficient (Wildman–Crippen LogP) is 5.89. The first-order valence-corrected chi connectivity index (χ1v) is 25.0. The number of hydrogen-bond acceptors (Lipinski definition) is 17. The number of nitrogens with one attached hydrogen (secondary N) is 2. The van der Waals surface area contributed by atoms with Crippen LogP contribution >= 0.6 is 12.6 Å². The fourth-order valence-electron chi connectivity index (χ4n) is 11.1. The molecule has 1 saturated heterocycles. The Bertz CT molecular complexity index is 2690. The minimum absolute atomic E-state index is 0.0342. The molecule has 0 aromatic heterocycles. The average molecular weight is 1050 g/mol. The summed E-state index contributed by atoms with van der Waals surface area (Å²) in [5.41, 5.74) is -8.27. The number of ketones is 1. The third-order valence-corrected chi connectivity index (χ3v) is 15.1. The van der Waals surface area contributed by atoms with Gasteiger partial charge in [0.05, 0.1) is 29.9 Å². The summed E-state index contributed by atoms with van der Waals surface area (Å²) in [7, 11) is 0. The Morgan fingerprint density at radius 3 is 2.09 bits per heavy atom. The van der Waals surface area contributed by atoms with Gasteiger partial charge in [-0.15, -0.1) is 0 Å². The van der Waals surface area contributed by atoms with Crippen molar-refractivity contribution in [1.82, 2.24) is 10.6 Å². The highest BCUT2D eigenvalue weighted by molar-refractivity contribution is 7.80. The average Bonchev–Trinajstić information content (AvgIpc) is 3.36. The molecule has 2 saturated carbocycles. The van der Waals surface area contributed by atoms with Gasteiger partial charge in [0.1, 0.15) is 41.9 Å². The molecule has 3 aromatic carbocycles. The minimum Gasteiger partial charge on any atom is -0.461 e. The van der Waals surface area contributed by atoms with Crippen LogP contribution in [-0.4, -0.2) is 119 Å². The zero-order chi connectivity index (χ0) is 53.9. The Kier molecular flexibility index (Phi) is 16.4. The fourth-order valence-corrected chi connectivity index (χ4v) is 11.3. The van der Waals surface area contributed by atoms with Gasteiger partial charge in [0.2, 0.25) is 6.10 Å². The number of halogens is 1. The summed E-state index contributed by atoms with van der Waals surface area (Å²) in [5, 5.41) is 19.5. The summed E-state index contributed by atoms with van der Waals surface area (Å²) in [4.78, 5) is 114. The molecular formula is C54H61FN2O16S. The first kappa shape index (κ1) is 55.1. The van der Waals surface area contributed by atoms with Crippen molar-refractivity contribution in [2.75, 3.05) is 18.9 Å². The Labute approximate surface area is 432 Å². The normalized spacial score (nSPS) is 28.4. The van der Waals surface area contributed by atoms with E-state index in [4.69, 9.17) is 33.2 Å². The van der Waals surface area contributed by atoms with Crippen LogP contribution in [0, 0.1) is 22.6 Å². The predicted molar refractivity (Wildman–Crippen MR) is 263 cm³/mol. The first-order valence-electron chi connectivity index (χ1n) is 24.4. The van der Waals surface area contributed by atoms with Crippen molar-refractivity contribution >= 4 is 60.3 Å². The number of carbonyl (C=O) groups is 8. The second-order valence-corrected chi connectivity index (χ2v) is 20.0. The Hall–Kier alpha value is -6.64. The minimum atomic E-state index is -2.59. The molecule has 3 aromatic rings. The van der Waals surface area contributed by atoms with E-state index in [-0.39, 0.29) is 53.8 Å². The number of hydrogen-bond donors (Lipinski definition) is 4. The molecule has 20 heteroatoms. The zero-order valence-electron chi connectivity index (χ0n) is 42.0. The highest BCUT2D eigenvalue weighted by atomic mass is 32.1. The lowest BCUT2D eigenvalue weighted by molar-refractivity contribution is -0.346. The van der Waals surface area contributed by atoms with Crippen LogP contribution in [0.1, 0.15) is 106 Å². The molecule has 2 bridgehead atoms. The summed E-state index contributed by atoms with van der Waals surface area (Å²) in [6, 6.07) is 19.1. The molecule has 1 aliphatic heterocycles. The summed E-state index contributed by atoms with van der Waals surface area (Å²) in [6.45, 7) is 9.69. The number of ether oxygens (including phenoxy) is 7. The summed E-state index contributed by atoms with van der Waals surface area (Å²) >= 11 is 4.19. The van der Waals surface area contributed by atoms with Gasteiger partial charge in [-0.3, -0.25) is 24.0 Å². The number of fused-ring (bicyclic) bond motifs is 5. The van der Waals surface area contributed by atoms with Crippen LogP contribution in [0.15, 0.2) is 96.1 Å². The van der Waals surface area contributed by atoms with Crippen molar-refractivity contribution in [3.05, 3.63) is 119 Å². The van der Waals surface area contributed by atoms with Crippen molar-refractivity contribution in [1.29, 1.82) is 0 Å². The van der Waals surface area contributed by atoms with Gasteiger partial charge in [-0.1, -0.05) is 69.3 Å². The van der Waals surface area contributed by atoms with Crippen molar-refractivity contribution in [2.24, 2.45) is 16.7 Å². The van der Waals surface area contributed by atoms with Gasteiger partial charge >= 0.3 is 35.9 Å². The molecule has 4 aliphatic rings. The largest absolute Gasteiger partial charge is 0.461 e. The van der Waals surface area contributed by atoms with Crippen LogP contribution in [0.2, 0.25) is 0 Å². The maximum absolute atomic E-state index is 16.3. The molecule has 0 spiro atoms. The standard InChI is InChI=1S/C54H61FN2O16S/c1-8-38(59)70-43(41(31-16-12-10-13-17-31)57-47(62)32-18-14-11-15-19-32)49(64)68-35-27-54(66)46(72-48(63)33-20-22-34(55)23-21-33)44-52(7,45(61)42(71-50(65)56-9-2)40(29(35)3)51(54,5)6)36(69-39(60)24-25-74)26-37-53(44,28-67-37)73-30(4)58/h10-23,35-37,41-44,46,66,74H,8-9,24-28H2,1-7H3,(H,56,65)(H,57,62)/t35-,36-,37+,41-,42+,43+,44?,46?,52+,53-,54+/m0/s1. The van der Waals surface area contributed by atoms with Crippen LogP contribution in [0.4, 0.5) is 9.18 Å². The number of benzene rings is 3. The molecule has 3 aliphatic carbocycles. The highest BCUT2D eigenvalue weighted by Crippen LogP contribution is 2.65. The van der Waals surface area contributed by atoms with Crippen molar-refractivity contribution < 1.29 is 81.0 Å². The molecular weight excluding hydrogens is 984 g/mol. The van der Waals surface area contributed by atoms with E-state index in [0.29, 0.717) is 5.56 Å². The monoisotopic (exact) mass is 1040 g/mol. The van der Waals surface area contributed by atoms with Gasteiger partial charge in [0, 0.05) is 49.5 Å². The van der Waals surface area contributed by atoms with Gasteiger partial charge in [-0.2, -0.15) is 12.6 Å². The first-order chi connectivity index (χ1) is 35.1. The van der Waals surface area contributed by atoms with Crippen LogP contribution in [-0.2, 0) is 57.1 Å². The quantitative estimate of drug-likeness (QED) is 0.0566. The van der Waals surface area contributed by atoms with Gasteiger partial charge in [0.15, 0.2) is 17.5 Å². The van der Waals surface area contributed by atoms with E-state index >= 15 is 9.59 Å². The Morgan fingerprint density at radius 2 is 1.51 bits per heavy atom. The molecule has 0 radical (unpaired) electrons. The van der Waals surface area contributed by atoms with Gasteiger partial charge in [-0.25, -0.2) is 18.8 Å². The van der Waals surface area contributed by atoms with Crippen LogP contribution in [0.3, 0.4) is 0 Å². The van der Waals surface area contributed by atoms with E-state index < -0.39 is 137 Å². The zero-order valence-corrected chi connectivity index (χ0v) is 42.9. The number of amides is 2. The third-order valence-electron chi connectivity index (χ3n) is 14.9. The summed E-state index contributed by atoms with van der Waals surface area (Å²) < 4.78 is 57.5. The maximum atomic E-state index is 16.3. The van der Waals surface area contributed by atoms with E-state index in [9.17, 15) is 38.3 Å². The number of thiol groups is 1. The topological polar surface area (TPSA) is 245 Å². The molecule has 11 atom stereocenters. The van der Waals surface area contributed by atoms with Crippen molar-refractivity contribution in [2.45, 2.75) is 128 Å². The van der Waals surface area contributed by atoms with Gasteiger partial charge < -0.3 is 48.9 Å². The number of Topliss-reactive ketones (excluding diaryl/α,β-unsaturated/α-hetero) is 1. The SMILES string of the molecule is CCNC(=O)O[C@H]1C(=O)[C@@]2(C)C(C(OC(=O)c3ccc(F)cc3)[C@]3(O)C[C@H](OC(=O)[C@H](OC(=O)CC)[C@@H](NC(=O)c4ccccc4)c4ccccc4)C(C)=C1C3(C)C)[C@]1(OC(C)=O)CO[C@@H]1C[C@@H]2OC(=O)CCS. The molecule has 1 heterocycles. The van der Waals surface area contributed by atoms with Crippen molar-refractivity contribution in [3.63, 3.8) is 0 Å². The molecule has 3 fully saturated rings. The van der Waals surface area contributed by atoms with Crippen LogP contribution in [0.5, 0.6) is 0 Å². The lowest BCUT2D eigenvalue weighted by Gasteiger charge is -2.67. The molecule has 396 valence electrons. The Balaban J connectivity index is 1.47. The number of rotatable bonds is 16. The smallest absolute Gasteiger partial charge is 0.408 e. The second kappa shape index (κ2) is 22.1. The molecule has 2 unspecified atom stereocenters. The summed E-state index contributed by atoms with van der Waals surface area (Å²) in [6.07, 6.45) is -12.7. The summed E-state index contributed by atoms with van der Waals surface area (Å²) in [5.74, 6) is -8.85. The highest BCUT2D eigenvalue weighted by Gasteiger charge is 2.79. The van der Waals surface area contributed by atoms with E-state index in [0.717, 1.165) is 31.2 Å². The van der Waals surface area contributed by atoms with Crippen LogP contribution < -0.4 is 10.6 Å². The maximum Gasteiger partial charge on any atom is 0.408 e. The second-order valence-electron chi connectivity index (χ2n) is 19.6.